The van der Waals surface area contributed by atoms with Gasteiger partial charge in [0.15, 0.2) is 5.16 Å². The predicted molar refractivity (Wildman–Crippen MR) is 129 cm³/mol. The highest BCUT2D eigenvalue weighted by atomic mass is 32.2. The number of piperidine rings is 1. The molecule has 0 atom stereocenters. The van der Waals surface area contributed by atoms with Gasteiger partial charge < -0.3 is 19.7 Å². The summed E-state index contributed by atoms with van der Waals surface area (Å²) in [7, 11) is 5.97. The molecule has 0 aliphatic carbocycles. The second-order valence-corrected chi connectivity index (χ2v) is 9.31. The molecule has 1 aliphatic heterocycles. The summed E-state index contributed by atoms with van der Waals surface area (Å²) >= 11 is 1.11. The van der Waals surface area contributed by atoms with Crippen molar-refractivity contribution in [3.8, 4) is 0 Å². The second-order valence-electron chi connectivity index (χ2n) is 8.30. The van der Waals surface area contributed by atoms with Gasteiger partial charge in [-0.3, -0.25) is 14.9 Å². The molecule has 1 aromatic carbocycles. The van der Waals surface area contributed by atoms with Gasteiger partial charge in [-0.15, -0.1) is 10.2 Å². The number of nitro groups is 1. The third-order valence-electron chi connectivity index (χ3n) is 5.84. The van der Waals surface area contributed by atoms with Crippen molar-refractivity contribution in [3.05, 3.63) is 58.5 Å². The Morgan fingerprint density at radius 1 is 1.24 bits per heavy atom. The van der Waals surface area contributed by atoms with Crippen LogP contribution in [0.4, 0.5) is 17.2 Å². The fraction of sp³-hybridized carbons (Fsp3) is 0.364. The van der Waals surface area contributed by atoms with E-state index >= 15 is 0 Å². The van der Waals surface area contributed by atoms with Crippen LogP contribution in [0.5, 0.6) is 0 Å². The molecule has 12 heteroatoms. The van der Waals surface area contributed by atoms with E-state index in [4.69, 9.17) is 0 Å². The van der Waals surface area contributed by atoms with Gasteiger partial charge >= 0.3 is 0 Å². The number of carbonyl (C=O) groups excluding carboxylic acids is 1. The van der Waals surface area contributed by atoms with Gasteiger partial charge in [0.25, 0.3) is 11.6 Å². The minimum Gasteiger partial charge on any atom is -0.370 e. The summed E-state index contributed by atoms with van der Waals surface area (Å²) in [5.74, 6) is -0.0810. The first-order chi connectivity index (χ1) is 16.3. The molecule has 34 heavy (non-hydrogen) atoms. The Morgan fingerprint density at radius 3 is 2.59 bits per heavy atom. The average Bonchev–Trinajstić information content (AvgIpc) is 3.24. The van der Waals surface area contributed by atoms with Crippen LogP contribution in [-0.4, -0.2) is 68.7 Å². The van der Waals surface area contributed by atoms with E-state index in [0.29, 0.717) is 21.9 Å². The number of nitrogens with one attached hydrogen (secondary N) is 1. The molecule has 3 heterocycles. The normalized spacial score (nSPS) is 14.4. The van der Waals surface area contributed by atoms with Crippen molar-refractivity contribution in [1.82, 2.24) is 24.6 Å². The van der Waals surface area contributed by atoms with Crippen molar-refractivity contribution in [2.75, 3.05) is 37.4 Å². The topological polar surface area (TPSA) is 122 Å². The number of amides is 1. The SMILES string of the molecule is CN(C)C1CCN(c2ccc(NC(=O)c3ccc(Sc4nncn4C)c([N+](=O)[O-])c3)nc2)CC1. The van der Waals surface area contributed by atoms with Crippen LogP contribution in [0.2, 0.25) is 0 Å². The Balaban J connectivity index is 1.42. The average molecular weight is 483 g/mol. The molecule has 2 aromatic heterocycles. The number of aromatic nitrogens is 4. The van der Waals surface area contributed by atoms with Crippen molar-refractivity contribution < 1.29 is 9.72 Å². The molecule has 0 radical (unpaired) electrons. The zero-order valence-electron chi connectivity index (χ0n) is 19.2. The molecular formula is C22H26N8O3S. The standard InChI is InChI=1S/C22H26N8O3S/c1-27(2)16-8-10-29(11-9-16)17-5-7-20(23-13-17)25-21(31)15-4-6-19(18(12-15)30(32)33)34-22-26-24-14-28(22)3/h4-7,12-14,16H,8-11H2,1-3H3,(H,23,25,31). The molecule has 1 fully saturated rings. The third kappa shape index (κ3) is 5.34. The van der Waals surface area contributed by atoms with Crippen LogP contribution in [0.1, 0.15) is 23.2 Å². The van der Waals surface area contributed by atoms with Crippen molar-refractivity contribution in [2.24, 2.45) is 7.05 Å². The smallest absolute Gasteiger partial charge is 0.284 e. The molecule has 1 N–H and O–H groups in total. The van der Waals surface area contributed by atoms with Crippen LogP contribution in [0.3, 0.4) is 0 Å². The maximum Gasteiger partial charge on any atom is 0.284 e. The summed E-state index contributed by atoms with van der Waals surface area (Å²) in [6.45, 7) is 1.91. The lowest BCUT2D eigenvalue weighted by atomic mass is 10.0. The predicted octanol–water partition coefficient (Wildman–Crippen LogP) is 3.05. The number of rotatable bonds is 7. The monoisotopic (exact) mass is 482 g/mol. The van der Waals surface area contributed by atoms with E-state index in [1.165, 1.54) is 12.4 Å². The molecule has 3 aromatic rings. The number of nitrogens with zero attached hydrogens (tertiary/aromatic N) is 7. The Labute approximate surface area is 201 Å². The Hall–Kier alpha value is -3.51. The van der Waals surface area contributed by atoms with Gasteiger partial charge in [0.1, 0.15) is 12.1 Å². The maximum absolute atomic E-state index is 12.7. The highest BCUT2D eigenvalue weighted by Crippen LogP contribution is 2.34. The number of hydrogen-bond donors (Lipinski definition) is 1. The number of anilines is 2. The summed E-state index contributed by atoms with van der Waals surface area (Å²) in [6.07, 6.45) is 5.44. The van der Waals surface area contributed by atoms with Crippen LogP contribution >= 0.6 is 11.8 Å². The van der Waals surface area contributed by atoms with Gasteiger partial charge in [0.2, 0.25) is 0 Å². The van der Waals surface area contributed by atoms with Crippen LogP contribution in [0, 0.1) is 10.1 Å². The zero-order valence-corrected chi connectivity index (χ0v) is 20.0. The van der Waals surface area contributed by atoms with E-state index in [2.05, 4.69) is 44.4 Å². The molecule has 1 aliphatic rings. The highest BCUT2D eigenvalue weighted by molar-refractivity contribution is 7.99. The third-order valence-corrected chi connectivity index (χ3v) is 6.96. The van der Waals surface area contributed by atoms with Crippen molar-refractivity contribution in [1.29, 1.82) is 0 Å². The molecular weight excluding hydrogens is 456 g/mol. The lowest BCUT2D eigenvalue weighted by Gasteiger charge is -2.36. The Bertz CT molecular complexity index is 1170. The van der Waals surface area contributed by atoms with E-state index < -0.39 is 10.8 Å². The first-order valence-electron chi connectivity index (χ1n) is 10.8. The van der Waals surface area contributed by atoms with E-state index in [0.717, 1.165) is 43.4 Å². The van der Waals surface area contributed by atoms with Gasteiger partial charge in [-0.2, -0.15) is 0 Å². The zero-order chi connectivity index (χ0) is 24.2. The van der Waals surface area contributed by atoms with E-state index in [1.54, 1.807) is 36.0 Å². The van der Waals surface area contributed by atoms with Crippen molar-refractivity contribution >= 4 is 34.9 Å². The number of benzene rings is 1. The summed E-state index contributed by atoms with van der Waals surface area (Å²) in [6, 6.07) is 8.62. The minimum absolute atomic E-state index is 0.172. The van der Waals surface area contributed by atoms with Gasteiger partial charge in [-0.05, 0) is 63.0 Å². The molecule has 1 saturated heterocycles. The van der Waals surface area contributed by atoms with E-state index in [9.17, 15) is 14.9 Å². The fourth-order valence-electron chi connectivity index (χ4n) is 3.83. The van der Waals surface area contributed by atoms with Crippen molar-refractivity contribution in [2.45, 2.75) is 28.9 Å². The molecule has 178 valence electrons. The first-order valence-corrected chi connectivity index (χ1v) is 11.6. The number of nitro benzene ring substituents is 1. The fourth-order valence-corrected chi connectivity index (χ4v) is 4.68. The molecule has 0 unspecified atom stereocenters. The number of aryl methyl sites for hydroxylation is 1. The lowest BCUT2D eigenvalue weighted by molar-refractivity contribution is -0.387. The van der Waals surface area contributed by atoms with Gasteiger partial charge in [-0.25, -0.2) is 4.98 Å². The van der Waals surface area contributed by atoms with Gasteiger partial charge in [-0.1, -0.05) is 0 Å². The molecule has 1 amide bonds. The maximum atomic E-state index is 12.7. The molecule has 0 bridgehead atoms. The Kier molecular flexibility index (Phi) is 7.08. The van der Waals surface area contributed by atoms with Crippen LogP contribution < -0.4 is 10.2 Å². The second kappa shape index (κ2) is 10.2. The van der Waals surface area contributed by atoms with E-state index in [-0.39, 0.29) is 11.3 Å². The minimum atomic E-state index is -0.512. The largest absolute Gasteiger partial charge is 0.370 e. The summed E-state index contributed by atoms with van der Waals surface area (Å²) < 4.78 is 1.66. The number of carbonyl (C=O) groups is 1. The lowest BCUT2D eigenvalue weighted by Crippen LogP contribution is -2.42. The summed E-state index contributed by atoms with van der Waals surface area (Å²) in [5.41, 5.74) is 1.01. The Morgan fingerprint density at radius 2 is 2.00 bits per heavy atom. The number of hydrogen-bond acceptors (Lipinski definition) is 9. The van der Waals surface area contributed by atoms with Gasteiger partial charge in [0, 0.05) is 37.8 Å². The molecule has 0 saturated carbocycles. The van der Waals surface area contributed by atoms with Crippen LogP contribution in [-0.2, 0) is 7.05 Å². The number of pyridine rings is 1. The quantitative estimate of drug-likeness (QED) is 0.400. The van der Waals surface area contributed by atoms with Crippen molar-refractivity contribution in [3.63, 3.8) is 0 Å². The van der Waals surface area contributed by atoms with Gasteiger partial charge in [0.05, 0.1) is 21.7 Å². The van der Waals surface area contributed by atoms with Crippen LogP contribution in [0.15, 0.2) is 52.9 Å². The highest BCUT2D eigenvalue weighted by Gasteiger charge is 2.22. The van der Waals surface area contributed by atoms with Crippen LogP contribution in [0.25, 0.3) is 0 Å². The molecule has 4 rings (SSSR count). The first kappa shape index (κ1) is 23.6. The van der Waals surface area contributed by atoms with E-state index in [1.807, 2.05) is 6.07 Å². The molecule has 11 nitrogen and oxygen atoms in total. The summed E-state index contributed by atoms with van der Waals surface area (Å²) in [4.78, 5) is 33.1. The molecule has 0 spiro atoms. The summed E-state index contributed by atoms with van der Waals surface area (Å²) in [5, 5.41) is 22.6.